The molecule has 0 unspecified atom stereocenters. The standard InChI is InChI=1S/C15H17N7O/c1-7(2)21-14-11(13(17)19-6-20-14)12(16)8-3-4-10-9(5-8)22-15(18)23-10/h3-7,16H,1-2H3,(H2,18,22)(H3,17,19,20,21)/p+1. The monoisotopic (exact) mass is 312 g/mol. The van der Waals surface area contributed by atoms with Crippen LogP contribution < -0.4 is 16.8 Å². The van der Waals surface area contributed by atoms with Crippen LogP contribution in [0.3, 0.4) is 0 Å². The van der Waals surface area contributed by atoms with E-state index in [-0.39, 0.29) is 23.6 Å². The van der Waals surface area contributed by atoms with Gasteiger partial charge >= 0.3 is 0 Å². The van der Waals surface area contributed by atoms with Gasteiger partial charge in [0.05, 0.1) is 11.8 Å². The van der Waals surface area contributed by atoms with E-state index in [0.717, 1.165) is 0 Å². The fourth-order valence-electron chi connectivity index (χ4n) is 2.36. The Balaban J connectivity index is 2.07. The molecule has 0 bridgehead atoms. The predicted octanol–water partition coefficient (Wildman–Crippen LogP) is 0.802. The molecule has 0 aliphatic rings. The molecule has 0 fully saturated rings. The highest BCUT2D eigenvalue weighted by Gasteiger charge is 2.20. The Labute approximate surface area is 132 Å². The van der Waals surface area contributed by atoms with Crippen molar-refractivity contribution < 1.29 is 9.73 Å². The van der Waals surface area contributed by atoms with Crippen molar-refractivity contribution in [3.63, 3.8) is 0 Å². The van der Waals surface area contributed by atoms with Gasteiger partial charge in [-0.3, -0.25) is 10.7 Å². The number of nitrogens with two attached hydrogens (primary N) is 3. The third-order valence-electron chi connectivity index (χ3n) is 3.34. The van der Waals surface area contributed by atoms with E-state index in [4.69, 9.17) is 21.3 Å². The van der Waals surface area contributed by atoms with Gasteiger partial charge in [0.15, 0.2) is 5.58 Å². The molecule has 2 heterocycles. The van der Waals surface area contributed by atoms with Gasteiger partial charge in [-0.25, -0.2) is 4.98 Å². The largest absolute Gasteiger partial charge is 0.424 e. The van der Waals surface area contributed by atoms with Gasteiger partial charge in [0, 0.05) is 5.56 Å². The van der Waals surface area contributed by atoms with E-state index in [2.05, 4.69) is 15.0 Å². The molecule has 8 heteroatoms. The van der Waals surface area contributed by atoms with E-state index >= 15 is 0 Å². The number of quaternary nitrogens is 1. The van der Waals surface area contributed by atoms with Crippen LogP contribution in [0.4, 0.5) is 17.7 Å². The number of fused-ring (bicyclic) bond motifs is 1. The Morgan fingerprint density at radius 1 is 1.26 bits per heavy atom. The molecule has 0 atom stereocenters. The molecule has 0 saturated carbocycles. The molecular weight excluding hydrogens is 294 g/mol. The molecule has 0 amide bonds. The molecule has 3 rings (SSSR count). The van der Waals surface area contributed by atoms with Crippen molar-refractivity contribution in [1.82, 2.24) is 15.0 Å². The topological polar surface area (TPSA) is 144 Å². The molecule has 0 spiro atoms. The van der Waals surface area contributed by atoms with E-state index in [1.54, 1.807) is 18.2 Å². The van der Waals surface area contributed by atoms with Gasteiger partial charge in [0.1, 0.15) is 23.2 Å². The number of benzene rings is 1. The lowest BCUT2D eigenvalue weighted by Crippen LogP contribution is -2.83. The van der Waals surface area contributed by atoms with Crippen LogP contribution in [0, 0.1) is 5.41 Å². The summed E-state index contributed by atoms with van der Waals surface area (Å²) in [5.41, 5.74) is 14.1. The summed E-state index contributed by atoms with van der Waals surface area (Å²) >= 11 is 0. The maximum absolute atomic E-state index is 8.51. The minimum Gasteiger partial charge on any atom is -0.424 e. The molecule has 2 aromatic heterocycles. The third-order valence-corrected chi connectivity index (χ3v) is 3.34. The number of nitrogen functional groups attached to an aromatic ring is 2. The number of nitrogens with one attached hydrogen (secondary N) is 1. The average molecular weight is 312 g/mol. The number of aromatic nitrogens is 3. The fourth-order valence-corrected chi connectivity index (χ4v) is 2.36. The van der Waals surface area contributed by atoms with Gasteiger partial charge in [-0.2, -0.15) is 9.97 Å². The summed E-state index contributed by atoms with van der Waals surface area (Å²) in [6.45, 7) is 4.08. The van der Waals surface area contributed by atoms with Crippen LogP contribution in [0.2, 0.25) is 0 Å². The van der Waals surface area contributed by atoms with Gasteiger partial charge in [-0.05, 0) is 32.0 Å². The van der Waals surface area contributed by atoms with Crippen molar-refractivity contribution in [2.45, 2.75) is 19.9 Å². The zero-order chi connectivity index (χ0) is 16.6. The van der Waals surface area contributed by atoms with Gasteiger partial charge < -0.3 is 15.9 Å². The Kier molecular flexibility index (Phi) is 3.67. The molecule has 3 aromatic rings. The highest BCUT2D eigenvalue weighted by molar-refractivity contribution is 6.16. The number of oxazole rings is 1. The summed E-state index contributed by atoms with van der Waals surface area (Å²) in [4.78, 5) is 12.4. The van der Waals surface area contributed by atoms with Gasteiger partial charge in [-0.1, -0.05) is 0 Å². The van der Waals surface area contributed by atoms with Crippen LogP contribution in [-0.4, -0.2) is 26.7 Å². The quantitative estimate of drug-likeness (QED) is 0.524. The molecule has 0 aliphatic carbocycles. The minimum absolute atomic E-state index is 0.0973. The Hall–Kier alpha value is -3.00. The Morgan fingerprint density at radius 2 is 2.04 bits per heavy atom. The molecule has 0 radical (unpaired) electrons. The highest BCUT2D eigenvalue weighted by atomic mass is 16.4. The summed E-state index contributed by atoms with van der Waals surface area (Å²) in [6.07, 6.45) is 1.40. The van der Waals surface area contributed by atoms with Crippen LogP contribution in [0.5, 0.6) is 0 Å². The maximum Gasteiger partial charge on any atom is 0.292 e. The average Bonchev–Trinajstić information content (AvgIpc) is 2.85. The van der Waals surface area contributed by atoms with E-state index < -0.39 is 0 Å². The number of anilines is 2. The molecule has 118 valence electrons. The van der Waals surface area contributed by atoms with Gasteiger partial charge in [0.25, 0.3) is 6.01 Å². The lowest BCUT2D eigenvalue weighted by atomic mass is 10.0. The van der Waals surface area contributed by atoms with Crippen molar-refractivity contribution in [1.29, 1.82) is 5.41 Å². The van der Waals surface area contributed by atoms with Crippen molar-refractivity contribution in [3.8, 4) is 0 Å². The zero-order valence-electron chi connectivity index (χ0n) is 12.9. The second-order valence-corrected chi connectivity index (χ2v) is 5.54. The summed E-state index contributed by atoms with van der Waals surface area (Å²) in [7, 11) is 0. The first-order chi connectivity index (χ1) is 11.0. The number of rotatable bonds is 4. The van der Waals surface area contributed by atoms with Crippen LogP contribution in [-0.2, 0) is 0 Å². The van der Waals surface area contributed by atoms with Crippen LogP contribution in [0.25, 0.3) is 11.1 Å². The maximum atomic E-state index is 8.51. The molecule has 0 aliphatic heterocycles. The number of nitrogens with zero attached hydrogens (tertiary/aromatic N) is 3. The smallest absolute Gasteiger partial charge is 0.292 e. The van der Waals surface area contributed by atoms with Crippen LogP contribution in [0.15, 0.2) is 28.9 Å². The van der Waals surface area contributed by atoms with Crippen LogP contribution >= 0.6 is 0 Å². The minimum atomic E-state index is 0.0973. The van der Waals surface area contributed by atoms with E-state index in [0.29, 0.717) is 28.0 Å². The molecular formula is C15H18N7O+. The molecule has 8 nitrogen and oxygen atoms in total. The first-order valence-electron chi connectivity index (χ1n) is 7.16. The lowest BCUT2D eigenvalue weighted by Gasteiger charge is -2.11. The van der Waals surface area contributed by atoms with Crippen LogP contribution in [0.1, 0.15) is 25.0 Å². The lowest BCUT2D eigenvalue weighted by molar-refractivity contribution is -0.606. The SMILES string of the molecule is CC(C)[NH2+]c1ncnc(N)c1C(=N)c1ccc2oc(N)nc2c1. The summed E-state index contributed by atoms with van der Waals surface area (Å²) in [6, 6.07) is 5.60. The van der Waals surface area contributed by atoms with E-state index in [1.165, 1.54) is 6.33 Å². The zero-order valence-corrected chi connectivity index (χ0v) is 12.9. The molecule has 1 aromatic carbocycles. The van der Waals surface area contributed by atoms with E-state index in [1.807, 2.05) is 19.2 Å². The number of hydrogen-bond donors (Lipinski definition) is 4. The van der Waals surface area contributed by atoms with Crippen molar-refractivity contribution in [2.24, 2.45) is 0 Å². The highest BCUT2D eigenvalue weighted by Crippen LogP contribution is 2.23. The summed E-state index contributed by atoms with van der Waals surface area (Å²) < 4.78 is 5.25. The summed E-state index contributed by atoms with van der Waals surface area (Å²) in [5, 5.41) is 10.5. The summed E-state index contributed by atoms with van der Waals surface area (Å²) in [5.74, 6) is 0.925. The second-order valence-electron chi connectivity index (χ2n) is 5.54. The Bertz CT molecular complexity index is 885. The van der Waals surface area contributed by atoms with Gasteiger partial charge in [0.2, 0.25) is 5.82 Å². The molecule has 0 saturated heterocycles. The second kappa shape index (κ2) is 5.65. The van der Waals surface area contributed by atoms with Crippen molar-refractivity contribution >= 4 is 34.5 Å². The first kappa shape index (κ1) is 14.9. The molecule has 7 N–H and O–H groups in total. The first-order valence-corrected chi connectivity index (χ1v) is 7.16. The fraction of sp³-hybridized carbons (Fsp3) is 0.200. The third kappa shape index (κ3) is 2.84. The number of hydrogen-bond acceptors (Lipinski definition) is 7. The normalized spacial score (nSPS) is 11.3. The van der Waals surface area contributed by atoms with E-state index in [9.17, 15) is 0 Å². The van der Waals surface area contributed by atoms with Gasteiger partial charge in [-0.15, -0.1) is 0 Å². The van der Waals surface area contributed by atoms with Crippen molar-refractivity contribution in [2.75, 3.05) is 11.5 Å². The van der Waals surface area contributed by atoms with Crippen molar-refractivity contribution in [3.05, 3.63) is 35.7 Å². The molecule has 23 heavy (non-hydrogen) atoms. The Morgan fingerprint density at radius 3 is 2.78 bits per heavy atom. The predicted molar refractivity (Wildman–Crippen MR) is 87.5 cm³/mol.